The van der Waals surface area contributed by atoms with Gasteiger partial charge in [-0.3, -0.25) is 9.67 Å². The third-order valence-electron chi connectivity index (χ3n) is 3.86. The van der Waals surface area contributed by atoms with Crippen LogP contribution < -0.4 is 5.32 Å². The highest BCUT2D eigenvalue weighted by Crippen LogP contribution is 2.32. The molecule has 5 heteroatoms. The van der Waals surface area contributed by atoms with Crippen molar-refractivity contribution in [3.05, 3.63) is 42.9 Å². The molecule has 0 radical (unpaired) electrons. The molecule has 5 nitrogen and oxygen atoms in total. The zero-order chi connectivity index (χ0) is 13.9. The van der Waals surface area contributed by atoms with E-state index in [0.29, 0.717) is 6.04 Å². The van der Waals surface area contributed by atoms with Gasteiger partial charge in [0.05, 0.1) is 24.2 Å². The van der Waals surface area contributed by atoms with Crippen LogP contribution in [0.1, 0.15) is 37.4 Å². The Hall–Kier alpha value is -2.17. The van der Waals surface area contributed by atoms with Crippen LogP contribution in [0, 0.1) is 5.92 Å². The average molecular weight is 269 g/mol. The number of hydrogen-bond donors (Lipinski definition) is 1. The quantitative estimate of drug-likeness (QED) is 0.835. The summed E-state index contributed by atoms with van der Waals surface area (Å²) in [5.74, 6) is 1.17. The Balaban J connectivity index is 1.83. The Labute approximate surface area is 118 Å². The van der Waals surface area contributed by atoms with Crippen molar-refractivity contribution in [1.82, 2.24) is 15.1 Å². The summed E-state index contributed by atoms with van der Waals surface area (Å²) in [6, 6.07) is 0.447. The minimum Gasteiger partial charge on any atom is -0.350 e. The number of aliphatic imine (C=N–C) groups is 2. The predicted octanol–water partition coefficient (Wildman–Crippen LogP) is 2.62. The van der Waals surface area contributed by atoms with E-state index in [1.165, 1.54) is 0 Å². The number of hydrogen-bond acceptors (Lipinski definition) is 4. The minimum absolute atomic E-state index is 0.0729. The zero-order valence-corrected chi connectivity index (χ0v) is 11.6. The molecule has 3 atom stereocenters. The number of fused-ring (bicyclic) bond motifs is 1. The molecule has 0 aliphatic carbocycles. The summed E-state index contributed by atoms with van der Waals surface area (Å²) in [4.78, 5) is 8.78. The van der Waals surface area contributed by atoms with Crippen LogP contribution in [0.4, 0.5) is 0 Å². The van der Waals surface area contributed by atoms with Gasteiger partial charge in [-0.2, -0.15) is 5.10 Å². The third kappa shape index (κ3) is 2.19. The summed E-state index contributed by atoms with van der Waals surface area (Å²) in [5.41, 5.74) is 1.13. The number of nitrogens with zero attached hydrogens (tertiary/aromatic N) is 4. The molecule has 3 heterocycles. The Morgan fingerprint density at radius 1 is 1.55 bits per heavy atom. The smallest absolute Gasteiger partial charge is 0.117 e. The van der Waals surface area contributed by atoms with Gasteiger partial charge in [0.15, 0.2) is 0 Å². The monoisotopic (exact) mass is 269 g/mol. The molecule has 0 aromatic carbocycles. The molecule has 0 spiro atoms. The van der Waals surface area contributed by atoms with Crippen LogP contribution in [0.15, 0.2) is 47.3 Å². The summed E-state index contributed by atoms with van der Waals surface area (Å²) < 4.78 is 2.03. The van der Waals surface area contributed by atoms with Crippen molar-refractivity contribution in [2.45, 2.75) is 31.8 Å². The van der Waals surface area contributed by atoms with E-state index in [2.05, 4.69) is 46.2 Å². The lowest BCUT2D eigenvalue weighted by Gasteiger charge is -2.20. The lowest BCUT2D eigenvalue weighted by Crippen LogP contribution is -2.26. The van der Waals surface area contributed by atoms with E-state index in [4.69, 9.17) is 0 Å². The van der Waals surface area contributed by atoms with Gasteiger partial charge >= 0.3 is 0 Å². The van der Waals surface area contributed by atoms with E-state index >= 15 is 0 Å². The van der Waals surface area contributed by atoms with Gasteiger partial charge in [0.2, 0.25) is 0 Å². The molecule has 1 aromatic rings. The molecule has 1 N–H and O–H groups in total. The summed E-state index contributed by atoms with van der Waals surface area (Å²) in [7, 11) is 0. The molecule has 104 valence electrons. The van der Waals surface area contributed by atoms with Crippen LogP contribution in [0.3, 0.4) is 0 Å². The van der Waals surface area contributed by atoms with E-state index in [0.717, 1.165) is 24.2 Å². The summed E-state index contributed by atoms with van der Waals surface area (Å²) in [6.45, 7) is 5.99. The van der Waals surface area contributed by atoms with Crippen molar-refractivity contribution in [3.63, 3.8) is 0 Å². The standard InChI is InChI=1S/C15H19N5/c1-3-5-12(4-2)20-9-11(8-19-20)14-13-6-7-16-15(13)18-10-17-14/h3,6-10,12-14H,1,4-5H2,2H3,(H,16,17,18). The van der Waals surface area contributed by atoms with E-state index in [1.807, 2.05) is 23.2 Å². The maximum Gasteiger partial charge on any atom is 0.117 e. The van der Waals surface area contributed by atoms with Gasteiger partial charge in [-0.1, -0.05) is 19.1 Å². The topological polar surface area (TPSA) is 54.6 Å². The van der Waals surface area contributed by atoms with Crippen LogP contribution in [0.25, 0.3) is 0 Å². The van der Waals surface area contributed by atoms with Crippen LogP contribution in [-0.4, -0.2) is 22.0 Å². The van der Waals surface area contributed by atoms with Crippen molar-refractivity contribution in [3.8, 4) is 0 Å². The first-order valence-electron chi connectivity index (χ1n) is 7.01. The summed E-state index contributed by atoms with van der Waals surface area (Å²) in [6.07, 6.45) is 13.6. The molecular formula is C15H19N5. The molecule has 1 aromatic heterocycles. The number of allylic oxidation sites excluding steroid dienone is 1. The highest BCUT2D eigenvalue weighted by Gasteiger charge is 2.30. The van der Waals surface area contributed by atoms with Crippen LogP contribution in [-0.2, 0) is 0 Å². The zero-order valence-electron chi connectivity index (χ0n) is 11.6. The molecule has 3 unspecified atom stereocenters. The fourth-order valence-corrected chi connectivity index (χ4v) is 2.72. The maximum absolute atomic E-state index is 4.51. The normalized spacial score (nSPS) is 24.9. The van der Waals surface area contributed by atoms with Crippen LogP contribution >= 0.6 is 0 Å². The SMILES string of the molecule is C=CCC(CC)n1cc(C2N=CN=C3NC=CC32)cn1. The van der Waals surface area contributed by atoms with Gasteiger partial charge in [-0.25, -0.2) is 4.99 Å². The molecule has 2 aliphatic heterocycles. The van der Waals surface area contributed by atoms with Crippen molar-refractivity contribution >= 4 is 12.2 Å². The molecule has 2 aliphatic rings. The second-order valence-corrected chi connectivity index (χ2v) is 5.09. The van der Waals surface area contributed by atoms with Crippen molar-refractivity contribution < 1.29 is 0 Å². The molecule has 0 fully saturated rings. The number of amidine groups is 1. The van der Waals surface area contributed by atoms with Gasteiger partial charge in [-0.05, 0) is 19.0 Å². The number of nitrogens with one attached hydrogen (secondary N) is 1. The predicted molar refractivity (Wildman–Crippen MR) is 80.8 cm³/mol. The van der Waals surface area contributed by atoms with Crippen molar-refractivity contribution in [2.24, 2.45) is 15.9 Å². The van der Waals surface area contributed by atoms with E-state index in [1.54, 1.807) is 6.34 Å². The first-order chi connectivity index (χ1) is 9.83. The maximum atomic E-state index is 4.51. The molecule has 3 rings (SSSR count). The molecule has 0 saturated carbocycles. The molecule has 20 heavy (non-hydrogen) atoms. The van der Waals surface area contributed by atoms with E-state index in [-0.39, 0.29) is 12.0 Å². The Morgan fingerprint density at radius 3 is 3.25 bits per heavy atom. The lowest BCUT2D eigenvalue weighted by atomic mass is 9.95. The van der Waals surface area contributed by atoms with Gasteiger partial charge in [0.1, 0.15) is 12.2 Å². The van der Waals surface area contributed by atoms with Gasteiger partial charge in [0, 0.05) is 11.8 Å². The Bertz CT molecular complexity index is 581. The number of rotatable bonds is 5. The van der Waals surface area contributed by atoms with Gasteiger partial charge < -0.3 is 5.32 Å². The molecule has 0 bridgehead atoms. The highest BCUT2D eigenvalue weighted by atomic mass is 15.3. The molecule has 0 amide bonds. The van der Waals surface area contributed by atoms with E-state index in [9.17, 15) is 0 Å². The average Bonchev–Trinajstić information content (AvgIpc) is 3.12. The largest absolute Gasteiger partial charge is 0.350 e. The summed E-state index contributed by atoms with van der Waals surface area (Å²) in [5, 5.41) is 7.66. The van der Waals surface area contributed by atoms with Crippen molar-refractivity contribution in [1.29, 1.82) is 0 Å². The Morgan fingerprint density at radius 2 is 2.45 bits per heavy atom. The first kappa shape index (κ1) is 12.8. The minimum atomic E-state index is 0.0729. The second-order valence-electron chi connectivity index (χ2n) is 5.09. The van der Waals surface area contributed by atoms with Crippen LogP contribution in [0.2, 0.25) is 0 Å². The van der Waals surface area contributed by atoms with Gasteiger partial charge in [-0.15, -0.1) is 6.58 Å². The fraction of sp³-hybridized carbons (Fsp3) is 0.400. The lowest BCUT2D eigenvalue weighted by molar-refractivity contribution is 0.444. The first-order valence-corrected chi connectivity index (χ1v) is 7.01. The fourth-order valence-electron chi connectivity index (χ4n) is 2.72. The molecule has 0 saturated heterocycles. The molecular weight excluding hydrogens is 250 g/mol. The van der Waals surface area contributed by atoms with Crippen LogP contribution in [0.5, 0.6) is 0 Å². The second kappa shape index (κ2) is 5.45. The Kier molecular flexibility index (Phi) is 3.50. The third-order valence-corrected chi connectivity index (χ3v) is 3.86. The van der Waals surface area contributed by atoms with E-state index < -0.39 is 0 Å². The number of aromatic nitrogens is 2. The van der Waals surface area contributed by atoms with Crippen molar-refractivity contribution in [2.75, 3.05) is 0 Å². The van der Waals surface area contributed by atoms with Gasteiger partial charge in [0.25, 0.3) is 0 Å². The highest BCUT2D eigenvalue weighted by molar-refractivity contribution is 5.96. The summed E-state index contributed by atoms with van der Waals surface area (Å²) >= 11 is 0.